The number of imidazole rings is 1. The maximum Gasteiger partial charge on any atom is 0.273 e. The van der Waals surface area contributed by atoms with Crippen molar-refractivity contribution < 1.29 is 9.59 Å². The van der Waals surface area contributed by atoms with Gasteiger partial charge in [0.25, 0.3) is 5.91 Å². The number of anilines is 1. The second kappa shape index (κ2) is 7.92. The predicted octanol–water partition coefficient (Wildman–Crippen LogP) is 3.86. The van der Waals surface area contributed by atoms with E-state index in [1.165, 1.54) is 11.3 Å². The molecule has 0 aliphatic carbocycles. The lowest BCUT2D eigenvalue weighted by atomic mass is 10.1. The number of hydrogen-bond acceptors (Lipinski definition) is 6. The lowest BCUT2D eigenvalue weighted by Crippen LogP contribution is -2.38. The molecule has 11 heteroatoms. The van der Waals surface area contributed by atoms with Crippen LogP contribution < -0.4 is 10.7 Å². The summed E-state index contributed by atoms with van der Waals surface area (Å²) in [7, 11) is 0. The van der Waals surface area contributed by atoms with Crippen LogP contribution in [0, 0.1) is 0 Å². The van der Waals surface area contributed by atoms with Gasteiger partial charge in [-0.25, -0.2) is 20.0 Å². The van der Waals surface area contributed by atoms with Gasteiger partial charge in [-0.1, -0.05) is 23.2 Å². The second-order valence-electron chi connectivity index (χ2n) is 7.46. The number of nitrogens with zero attached hydrogens (tertiary/aromatic N) is 4. The Labute approximate surface area is 192 Å². The summed E-state index contributed by atoms with van der Waals surface area (Å²) in [6, 6.07) is 8.51. The lowest BCUT2D eigenvalue weighted by molar-refractivity contribution is -0.120. The van der Waals surface area contributed by atoms with Gasteiger partial charge in [-0.3, -0.25) is 15.0 Å². The molecule has 3 N–H and O–H groups in total. The van der Waals surface area contributed by atoms with Crippen LogP contribution in [-0.4, -0.2) is 43.3 Å². The molecule has 3 heterocycles. The average molecular weight is 470 g/mol. The van der Waals surface area contributed by atoms with E-state index >= 15 is 0 Å². The minimum atomic E-state index is -0.384. The highest BCUT2D eigenvalue weighted by Gasteiger charge is 2.26. The highest BCUT2D eigenvalue weighted by Crippen LogP contribution is 2.30. The minimum Gasteiger partial charge on any atom is -0.360 e. The number of aromatic nitrogens is 4. The molecule has 0 bridgehead atoms. The Hall–Kier alpha value is -3.43. The van der Waals surface area contributed by atoms with Gasteiger partial charge in [-0.15, -0.1) is 0 Å². The van der Waals surface area contributed by atoms with Crippen LogP contribution in [0.1, 0.15) is 35.6 Å². The number of aromatic amines is 1. The van der Waals surface area contributed by atoms with E-state index in [1.807, 2.05) is 19.1 Å². The molecule has 0 unspecified atom stereocenters. The maximum absolute atomic E-state index is 12.8. The van der Waals surface area contributed by atoms with Gasteiger partial charge in [0.2, 0.25) is 5.91 Å². The topological polar surface area (TPSA) is 116 Å². The van der Waals surface area contributed by atoms with E-state index in [-0.39, 0.29) is 34.9 Å². The zero-order valence-corrected chi connectivity index (χ0v) is 18.3. The van der Waals surface area contributed by atoms with Crippen molar-refractivity contribution in [2.45, 2.75) is 19.4 Å². The molecule has 1 atom stereocenters. The number of halogens is 2. The van der Waals surface area contributed by atoms with Crippen LogP contribution >= 0.6 is 23.2 Å². The first-order valence-corrected chi connectivity index (χ1v) is 10.6. The summed E-state index contributed by atoms with van der Waals surface area (Å²) in [5.74, 6) is 0.684. The number of hydrogen-bond donors (Lipinski definition) is 3. The Morgan fingerprint density at radius 2 is 2.03 bits per heavy atom. The Morgan fingerprint density at radius 1 is 1.19 bits per heavy atom. The third-order valence-electron chi connectivity index (χ3n) is 5.25. The van der Waals surface area contributed by atoms with E-state index in [4.69, 9.17) is 23.2 Å². The first-order chi connectivity index (χ1) is 15.4. The van der Waals surface area contributed by atoms with Crippen molar-refractivity contribution in [3.63, 3.8) is 0 Å². The van der Waals surface area contributed by atoms with Crippen molar-refractivity contribution in [1.82, 2.24) is 30.4 Å². The molecule has 9 nitrogen and oxygen atoms in total. The van der Waals surface area contributed by atoms with Crippen molar-refractivity contribution in [3.05, 3.63) is 58.1 Å². The van der Waals surface area contributed by atoms with Crippen molar-refractivity contribution in [1.29, 1.82) is 0 Å². The largest absolute Gasteiger partial charge is 0.360 e. The number of benzene rings is 2. The fourth-order valence-corrected chi connectivity index (χ4v) is 4.03. The fraction of sp³-hybridized carbons (Fsp3) is 0.190. The summed E-state index contributed by atoms with van der Waals surface area (Å²) in [4.78, 5) is 40.7. The Kier molecular flexibility index (Phi) is 5.07. The summed E-state index contributed by atoms with van der Waals surface area (Å²) < 4.78 is 0. The minimum absolute atomic E-state index is 0.203. The molecule has 2 aromatic heterocycles. The molecule has 0 saturated carbocycles. The van der Waals surface area contributed by atoms with Gasteiger partial charge in [0.1, 0.15) is 18.0 Å². The van der Waals surface area contributed by atoms with Gasteiger partial charge in [0, 0.05) is 16.8 Å². The van der Waals surface area contributed by atoms with E-state index < -0.39 is 0 Å². The third-order valence-corrected chi connectivity index (χ3v) is 5.80. The third kappa shape index (κ3) is 3.69. The Balaban J connectivity index is 1.45. The van der Waals surface area contributed by atoms with Crippen LogP contribution in [0.15, 0.2) is 36.7 Å². The number of amides is 2. The fourth-order valence-electron chi connectivity index (χ4n) is 3.61. The number of nitrogens with one attached hydrogen (secondary N) is 3. The van der Waals surface area contributed by atoms with Crippen molar-refractivity contribution in [2.75, 3.05) is 11.9 Å². The molecule has 2 amide bonds. The molecule has 0 radical (unpaired) electrons. The van der Waals surface area contributed by atoms with E-state index in [9.17, 15) is 9.59 Å². The zero-order chi connectivity index (χ0) is 22.4. The average Bonchev–Trinajstić information content (AvgIpc) is 3.39. The van der Waals surface area contributed by atoms with Crippen LogP contribution in [0.2, 0.25) is 10.0 Å². The first kappa shape index (κ1) is 20.5. The molecule has 2 aromatic carbocycles. The molecular weight excluding hydrogens is 453 g/mol. The lowest BCUT2D eigenvalue weighted by Gasteiger charge is -2.17. The molecule has 1 saturated heterocycles. The van der Waals surface area contributed by atoms with Gasteiger partial charge in [-0.2, -0.15) is 0 Å². The summed E-state index contributed by atoms with van der Waals surface area (Å²) in [5, 5.41) is 6.11. The molecule has 5 rings (SSSR count). The highest BCUT2D eigenvalue weighted by atomic mass is 35.5. The SMILES string of the molecule is C[C@H](Nc1ncnc2cc(C(=O)N3CCC(=O)N3)c(Cl)cc12)c1nc2ccc(Cl)cc2[nH]1. The van der Waals surface area contributed by atoms with E-state index in [0.717, 1.165) is 16.9 Å². The molecular formula is C21H17Cl2N7O2. The van der Waals surface area contributed by atoms with Crippen molar-refractivity contribution in [2.24, 2.45) is 0 Å². The van der Waals surface area contributed by atoms with Gasteiger partial charge < -0.3 is 10.3 Å². The van der Waals surface area contributed by atoms with Crippen LogP contribution in [-0.2, 0) is 4.79 Å². The number of hydrazine groups is 1. The van der Waals surface area contributed by atoms with Gasteiger partial charge in [0.05, 0.1) is 39.7 Å². The smallest absolute Gasteiger partial charge is 0.273 e. The Bertz CT molecular complexity index is 1390. The summed E-state index contributed by atoms with van der Waals surface area (Å²) in [6.07, 6.45) is 1.68. The van der Waals surface area contributed by atoms with Crippen LogP contribution in [0.5, 0.6) is 0 Å². The number of carbonyl (C=O) groups is 2. The molecule has 162 valence electrons. The number of H-pyrrole nitrogens is 1. The summed E-state index contributed by atoms with van der Waals surface area (Å²) in [6.45, 7) is 2.24. The van der Waals surface area contributed by atoms with Crippen molar-refractivity contribution in [3.8, 4) is 0 Å². The van der Waals surface area contributed by atoms with Crippen molar-refractivity contribution >= 4 is 62.8 Å². The van der Waals surface area contributed by atoms with Gasteiger partial charge >= 0.3 is 0 Å². The molecule has 0 spiro atoms. The zero-order valence-electron chi connectivity index (χ0n) is 16.8. The molecule has 32 heavy (non-hydrogen) atoms. The summed E-state index contributed by atoms with van der Waals surface area (Å²) in [5.41, 5.74) is 4.98. The van der Waals surface area contributed by atoms with Gasteiger partial charge in [-0.05, 0) is 37.3 Å². The first-order valence-electron chi connectivity index (χ1n) is 9.86. The van der Waals surface area contributed by atoms with E-state index in [1.54, 1.807) is 18.2 Å². The molecule has 1 fully saturated rings. The molecule has 4 aromatic rings. The highest BCUT2D eigenvalue weighted by molar-refractivity contribution is 6.35. The Morgan fingerprint density at radius 3 is 2.81 bits per heavy atom. The number of carbonyl (C=O) groups excluding carboxylic acids is 2. The number of fused-ring (bicyclic) bond motifs is 2. The van der Waals surface area contributed by atoms with Crippen LogP contribution in [0.3, 0.4) is 0 Å². The normalized spacial score (nSPS) is 14.7. The van der Waals surface area contributed by atoms with E-state index in [0.29, 0.717) is 28.3 Å². The van der Waals surface area contributed by atoms with Gasteiger partial charge in [0.15, 0.2) is 0 Å². The quantitative estimate of drug-likeness (QED) is 0.417. The van der Waals surface area contributed by atoms with Crippen LogP contribution in [0.4, 0.5) is 5.82 Å². The molecule has 1 aliphatic heterocycles. The predicted molar refractivity (Wildman–Crippen MR) is 121 cm³/mol. The number of rotatable bonds is 4. The maximum atomic E-state index is 12.8. The second-order valence-corrected chi connectivity index (χ2v) is 8.31. The van der Waals surface area contributed by atoms with E-state index in [2.05, 4.69) is 30.7 Å². The summed E-state index contributed by atoms with van der Waals surface area (Å²) >= 11 is 12.5. The van der Waals surface area contributed by atoms with Crippen LogP contribution in [0.25, 0.3) is 21.9 Å². The molecule has 1 aliphatic rings. The standard InChI is InChI=1S/C21H17Cl2N7O2/c1-10(19-27-15-3-2-11(22)6-17(15)28-19)26-20-13-7-14(23)12(8-16(13)24-9-25-20)21(32)30-5-4-18(31)29-30/h2-3,6-10H,4-5H2,1H3,(H,27,28)(H,29,31)(H,24,25,26)/t10-/m0/s1. The monoisotopic (exact) mass is 469 g/mol.